The molecule has 0 spiro atoms. The van der Waals surface area contributed by atoms with Crippen LogP contribution in [-0.2, 0) is 11.3 Å². The molecule has 5 heteroatoms. The summed E-state index contributed by atoms with van der Waals surface area (Å²) in [6.45, 7) is 0.451. The Kier molecular flexibility index (Phi) is 6.17. The van der Waals surface area contributed by atoms with E-state index in [1.165, 1.54) is 6.08 Å². The molecule has 0 aliphatic heterocycles. The minimum Gasteiger partial charge on any atom is -0.497 e. The summed E-state index contributed by atoms with van der Waals surface area (Å²) in [5.41, 5.74) is 1.86. The molecule has 0 bridgehead atoms. The van der Waals surface area contributed by atoms with Crippen LogP contribution < -0.4 is 19.5 Å². The van der Waals surface area contributed by atoms with E-state index in [0.29, 0.717) is 18.0 Å². The van der Waals surface area contributed by atoms with Gasteiger partial charge in [-0.1, -0.05) is 18.2 Å². The Morgan fingerprint density at radius 3 is 2.14 bits per heavy atom. The third-order valence-corrected chi connectivity index (χ3v) is 4.38. The van der Waals surface area contributed by atoms with Gasteiger partial charge in [-0.15, -0.1) is 0 Å². The first-order chi connectivity index (χ1) is 13.6. The zero-order valence-corrected chi connectivity index (χ0v) is 16.2. The highest BCUT2D eigenvalue weighted by Gasteiger charge is 2.02. The van der Waals surface area contributed by atoms with E-state index in [-0.39, 0.29) is 5.91 Å². The Morgan fingerprint density at radius 2 is 1.46 bits per heavy atom. The minimum atomic E-state index is -0.170. The summed E-state index contributed by atoms with van der Waals surface area (Å²) < 4.78 is 15.7. The lowest BCUT2D eigenvalue weighted by Crippen LogP contribution is -2.20. The van der Waals surface area contributed by atoms with E-state index in [2.05, 4.69) is 11.4 Å². The van der Waals surface area contributed by atoms with Crippen molar-refractivity contribution < 1.29 is 19.0 Å². The van der Waals surface area contributed by atoms with Gasteiger partial charge in [-0.05, 0) is 58.3 Å². The Labute approximate surface area is 164 Å². The maximum atomic E-state index is 12.2. The quantitative estimate of drug-likeness (QED) is 0.627. The summed E-state index contributed by atoms with van der Waals surface area (Å²) in [7, 11) is 4.84. The van der Waals surface area contributed by atoms with E-state index < -0.39 is 0 Å². The molecule has 3 aromatic carbocycles. The molecule has 3 aromatic rings. The van der Waals surface area contributed by atoms with Gasteiger partial charge in [0.2, 0.25) is 5.91 Å². The van der Waals surface area contributed by atoms with Gasteiger partial charge in [-0.3, -0.25) is 4.79 Å². The molecule has 0 fully saturated rings. The van der Waals surface area contributed by atoms with E-state index in [9.17, 15) is 4.79 Å². The molecule has 0 heterocycles. The molecular formula is C23H23NO4. The van der Waals surface area contributed by atoms with Gasteiger partial charge in [0.1, 0.15) is 17.2 Å². The number of carbonyl (C=O) groups is 1. The second-order valence-corrected chi connectivity index (χ2v) is 6.24. The molecule has 3 rings (SSSR count). The van der Waals surface area contributed by atoms with Crippen LogP contribution in [0.5, 0.6) is 17.2 Å². The molecule has 0 radical (unpaired) electrons. The molecule has 0 aromatic heterocycles. The highest BCUT2D eigenvalue weighted by atomic mass is 16.5. The summed E-state index contributed by atoms with van der Waals surface area (Å²) in [6.07, 6.45) is 3.23. The maximum Gasteiger partial charge on any atom is 0.244 e. The van der Waals surface area contributed by atoms with Gasteiger partial charge < -0.3 is 19.5 Å². The number of fused-ring (bicyclic) bond motifs is 1. The number of ether oxygens (including phenoxy) is 3. The van der Waals surface area contributed by atoms with Gasteiger partial charge in [0.15, 0.2) is 0 Å². The predicted octanol–water partition coefficient (Wildman–Crippen LogP) is 4.20. The molecule has 0 saturated carbocycles. The molecule has 5 nitrogen and oxygen atoms in total. The molecule has 0 unspecified atom stereocenters. The molecule has 28 heavy (non-hydrogen) atoms. The largest absolute Gasteiger partial charge is 0.497 e. The molecular weight excluding hydrogens is 354 g/mol. The Balaban J connectivity index is 1.64. The van der Waals surface area contributed by atoms with Crippen molar-refractivity contribution >= 4 is 22.8 Å². The van der Waals surface area contributed by atoms with E-state index in [1.54, 1.807) is 33.5 Å². The van der Waals surface area contributed by atoms with Crippen LogP contribution in [0.15, 0.2) is 60.7 Å². The lowest BCUT2D eigenvalue weighted by molar-refractivity contribution is -0.116. The van der Waals surface area contributed by atoms with E-state index in [1.807, 2.05) is 42.5 Å². The zero-order valence-electron chi connectivity index (χ0n) is 16.2. The van der Waals surface area contributed by atoms with Gasteiger partial charge in [0, 0.05) is 18.7 Å². The summed E-state index contributed by atoms with van der Waals surface area (Å²) in [5, 5.41) is 5.10. The Hall–Kier alpha value is -3.47. The fourth-order valence-corrected chi connectivity index (χ4v) is 2.86. The predicted molar refractivity (Wildman–Crippen MR) is 111 cm³/mol. The monoisotopic (exact) mass is 377 g/mol. The molecule has 0 aliphatic carbocycles. The van der Waals surface area contributed by atoms with Gasteiger partial charge in [0.05, 0.1) is 21.3 Å². The second-order valence-electron chi connectivity index (χ2n) is 6.24. The number of amides is 1. The number of benzene rings is 3. The van der Waals surface area contributed by atoms with E-state index in [0.717, 1.165) is 27.6 Å². The Bertz CT molecular complexity index is 988. The van der Waals surface area contributed by atoms with Crippen molar-refractivity contribution in [3.63, 3.8) is 0 Å². The van der Waals surface area contributed by atoms with Gasteiger partial charge in [0.25, 0.3) is 0 Å². The third-order valence-electron chi connectivity index (χ3n) is 4.38. The highest BCUT2D eigenvalue weighted by Crippen LogP contribution is 2.23. The maximum absolute atomic E-state index is 12.2. The molecule has 0 atom stereocenters. The summed E-state index contributed by atoms with van der Waals surface area (Å²) in [6, 6.07) is 17.5. The molecule has 144 valence electrons. The summed E-state index contributed by atoms with van der Waals surface area (Å²) >= 11 is 0. The first kappa shape index (κ1) is 19.3. The average Bonchev–Trinajstić information content (AvgIpc) is 2.75. The first-order valence-corrected chi connectivity index (χ1v) is 8.87. The van der Waals surface area contributed by atoms with Crippen LogP contribution in [0.25, 0.3) is 16.8 Å². The SMILES string of the molecule is COc1cc(/C=C/C(=O)NCc2ccc3cc(OC)ccc3c2)cc(OC)c1. The summed E-state index contributed by atoms with van der Waals surface area (Å²) in [4.78, 5) is 12.2. The Morgan fingerprint density at radius 1 is 0.821 bits per heavy atom. The standard InChI is InChI=1S/C23H23NO4/c1-26-20-8-7-18-10-17(4-6-19(18)13-20)15-24-23(25)9-5-16-11-21(27-2)14-22(12-16)28-3/h4-14H,15H2,1-3H3,(H,24,25)/b9-5+. The van der Waals surface area contributed by atoms with Crippen LogP contribution in [0.1, 0.15) is 11.1 Å². The molecule has 0 saturated heterocycles. The molecule has 1 N–H and O–H groups in total. The van der Waals surface area contributed by atoms with Gasteiger partial charge in [-0.25, -0.2) is 0 Å². The first-order valence-electron chi connectivity index (χ1n) is 8.87. The van der Waals surface area contributed by atoms with Crippen LogP contribution in [0.2, 0.25) is 0 Å². The topological polar surface area (TPSA) is 56.8 Å². The summed E-state index contributed by atoms with van der Waals surface area (Å²) in [5.74, 6) is 2.00. The average molecular weight is 377 g/mol. The van der Waals surface area contributed by atoms with Crippen molar-refractivity contribution in [2.75, 3.05) is 21.3 Å². The van der Waals surface area contributed by atoms with Gasteiger partial charge in [-0.2, -0.15) is 0 Å². The number of nitrogens with one attached hydrogen (secondary N) is 1. The van der Waals surface area contributed by atoms with Crippen molar-refractivity contribution in [1.29, 1.82) is 0 Å². The fraction of sp³-hybridized carbons (Fsp3) is 0.174. The minimum absolute atomic E-state index is 0.170. The van der Waals surface area contributed by atoms with Crippen LogP contribution in [-0.4, -0.2) is 27.2 Å². The zero-order chi connectivity index (χ0) is 19.9. The van der Waals surface area contributed by atoms with Crippen molar-refractivity contribution in [3.05, 3.63) is 71.8 Å². The van der Waals surface area contributed by atoms with Gasteiger partial charge >= 0.3 is 0 Å². The smallest absolute Gasteiger partial charge is 0.244 e. The van der Waals surface area contributed by atoms with Crippen molar-refractivity contribution in [2.45, 2.75) is 6.54 Å². The van der Waals surface area contributed by atoms with Crippen LogP contribution in [0.4, 0.5) is 0 Å². The lowest BCUT2D eigenvalue weighted by atomic mass is 10.1. The third kappa shape index (κ3) is 4.82. The van der Waals surface area contributed by atoms with Crippen LogP contribution >= 0.6 is 0 Å². The van der Waals surface area contributed by atoms with Crippen molar-refractivity contribution in [2.24, 2.45) is 0 Å². The second kappa shape index (κ2) is 8.95. The van der Waals surface area contributed by atoms with Crippen molar-refractivity contribution in [1.82, 2.24) is 5.32 Å². The number of hydrogen-bond donors (Lipinski definition) is 1. The number of methoxy groups -OCH3 is 3. The number of rotatable bonds is 7. The van der Waals surface area contributed by atoms with Crippen LogP contribution in [0, 0.1) is 0 Å². The van der Waals surface area contributed by atoms with Crippen molar-refractivity contribution in [3.8, 4) is 17.2 Å². The molecule has 0 aliphatic rings. The molecule has 1 amide bonds. The number of hydrogen-bond acceptors (Lipinski definition) is 4. The fourth-order valence-electron chi connectivity index (χ4n) is 2.86. The number of carbonyl (C=O) groups excluding carboxylic acids is 1. The lowest BCUT2D eigenvalue weighted by Gasteiger charge is -2.07. The highest BCUT2D eigenvalue weighted by molar-refractivity contribution is 5.92. The normalized spacial score (nSPS) is 10.8. The van der Waals surface area contributed by atoms with E-state index >= 15 is 0 Å². The van der Waals surface area contributed by atoms with E-state index in [4.69, 9.17) is 14.2 Å². The van der Waals surface area contributed by atoms with Crippen LogP contribution in [0.3, 0.4) is 0 Å².